The molecule has 0 radical (unpaired) electrons. The lowest BCUT2D eigenvalue weighted by Crippen LogP contribution is -2.53. The molecule has 0 aromatic heterocycles. The second-order valence-corrected chi connectivity index (χ2v) is 9.26. The molecule has 1 aromatic carbocycles. The zero-order valence-corrected chi connectivity index (χ0v) is 16.1. The molecule has 0 N–H and O–H groups in total. The van der Waals surface area contributed by atoms with Gasteiger partial charge >= 0.3 is 0 Å². The summed E-state index contributed by atoms with van der Waals surface area (Å²) in [6.45, 7) is 7.04. The van der Waals surface area contributed by atoms with Crippen LogP contribution in [0.15, 0.2) is 24.3 Å². The Kier molecular flexibility index (Phi) is 3.36. The third kappa shape index (κ3) is 1.63. The SMILES string of the molecule is CC12CCC(C(=O)N3CCCc4ccccc43)(C(Br)C1=O)C2(C)C. The summed E-state index contributed by atoms with van der Waals surface area (Å²) in [5, 5.41) is 0. The lowest BCUT2D eigenvalue weighted by Gasteiger charge is -2.44. The van der Waals surface area contributed by atoms with Crippen molar-refractivity contribution in [2.45, 2.75) is 51.3 Å². The maximum atomic E-state index is 13.8. The van der Waals surface area contributed by atoms with Gasteiger partial charge in [-0.25, -0.2) is 0 Å². The summed E-state index contributed by atoms with van der Waals surface area (Å²) in [4.78, 5) is 28.3. The van der Waals surface area contributed by atoms with Crippen LogP contribution in [0.3, 0.4) is 0 Å². The molecule has 2 aliphatic carbocycles. The van der Waals surface area contributed by atoms with Crippen LogP contribution in [0.2, 0.25) is 0 Å². The molecule has 0 saturated heterocycles. The summed E-state index contributed by atoms with van der Waals surface area (Å²) in [5.41, 5.74) is 0.888. The van der Waals surface area contributed by atoms with Crippen molar-refractivity contribution in [1.82, 2.24) is 0 Å². The van der Waals surface area contributed by atoms with E-state index in [-0.39, 0.29) is 21.9 Å². The van der Waals surface area contributed by atoms with Gasteiger partial charge in [-0.05, 0) is 42.7 Å². The van der Waals surface area contributed by atoms with Gasteiger partial charge in [0.2, 0.25) is 5.91 Å². The van der Waals surface area contributed by atoms with Crippen LogP contribution in [0, 0.1) is 16.2 Å². The average molecular weight is 390 g/mol. The van der Waals surface area contributed by atoms with Gasteiger partial charge in [-0.1, -0.05) is 54.9 Å². The molecule has 1 amide bonds. The number of carbonyl (C=O) groups excluding carboxylic acids is 2. The van der Waals surface area contributed by atoms with Crippen molar-refractivity contribution >= 4 is 33.3 Å². The van der Waals surface area contributed by atoms with Gasteiger partial charge in [0.05, 0.1) is 10.2 Å². The van der Waals surface area contributed by atoms with E-state index in [2.05, 4.69) is 42.8 Å². The minimum Gasteiger partial charge on any atom is -0.312 e. The predicted molar refractivity (Wildman–Crippen MR) is 98.4 cm³/mol. The van der Waals surface area contributed by atoms with E-state index in [1.165, 1.54) is 5.56 Å². The average Bonchev–Trinajstić information content (AvgIpc) is 2.85. The Labute approximate surface area is 151 Å². The standard InChI is InChI=1S/C20H24BrNO2/c1-18(2)19(3)10-11-20(18,15(21)16(19)23)17(24)22-12-6-8-13-7-4-5-9-14(13)22/h4-5,7,9,15H,6,8,10-12H2,1-3H3. The van der Waals surface area contributed by atoms with Gasteiger partial charge < -0.3 is 4.90 Å². The zero-order valence-electron chi connectivity index (χ0n) is 14.6. The van der Waals surface area contributed by atoms with Crippen molar-refractivity contribution < 1.29 is 9.59 Å². The molecule has 1 aromatic rings. The van der Waals surface area contributed by atoms with Gasteiger partial charge in [0.15, 0.2) is 5.78 Å². The predicted octanol–water partition coefficient (Wildman–Crippen LogP) is 4.12. The monoisotopic (exact) mass is 389 g/mol. The van der Waals surface area contributed by atoms with Crippen LogP contribution in [0.1, 0.15) is 45.6 Å². The first-order valence-corrected chi connectivity index (χ1v) is 9.77. The number of fused-ring (bicyclic) bond motifs is 3. The maximum Gasteiger partial charge on any atom is 0.235 e. The number of hydrogen-bond donors (Lipinski definition) is 0. The molecule has 3 unspecified atom stereocenters. The van der Waals surface area contributed by atoms with Gasteiger partial charge in [0.1, 0.15) is 0 Å². The highest BCUT2D eigenvalue weighted by Crippen LogP contribution is 2.72. The van der Waals surface area contributed by atoms with E-state index in [0.717, 1.165) is 37.9 Å². The molecule has 3 atom stereocenters. The Hall–Kier alpha value is -1.16. The molecule has 24 heavy (non-hydrogen) atoms. The highest BCUT2D eigenvalue weighted by atomic mass is 79.9. The van der Waals surface area contributed by atoms with Gasteiger partial charge in [0, 0.05) is 17.6 Å². The van der Waals surface area contributed by atoms with Gasteiger partial charge in [-0.3, -0.25) is 9.59 Å². The molecule has 2 saturated carbocycles. The second kappa shape index (κ2) is 4.94. The third-order valence-electron chi connectivity index (χ3n) is 7.46. The fraction of sp³-hybridized carbons (Fsp3) is 0.600. The van der Waals surface area contributed by atoms with Crippen molar-refractivity contribution in [3.05, 3.63) is 29.8 Å². The molecule has 1 heterocycles. The second-order valence-electron chi connectivity index (χ2n) is 8.34. The molecular weight excluding hydrogens is 366 g/mol. The number of anilines is 1. The number of alkyl halides is 1. The minimum atomic E-state index is -0.636. The number of aryl methyl sites for hydroxylation is 1. The molecule has 128 valence electrons. The Morgan fingerprint density at radius 2 is 1.92 bits per heavy atom. The number of nitrogens with zero attached hydrogens (tertiary/aromatic N) is 1. The number of halogens is 1. The highest BCUT2D eigenvalue weighted by molar-refractivity contribution is 9.10. The van der Waals surface area contributed by atoms with E-state index in [4.69, 9.17) is 0 Å². The first-order valence-electron chi connectivity index (χ1n) is 8.86. The number of carbonyl (C=O) groups is 2. The number of Topliss-reactive ketones (excluding diaryl/α,β-unsaturated/α-hetero) is 1. The molecule has 2 fully saturated rings. The lowest BCUT2D eigenvalue weighted by atomic mass is 9.64. The summed E-state index contributed by atoms with van der Waals surface area (Å²) in [7, 11) is 0. The molecule has 0 spiro atoms. The van der Waals surface area contributed by atoms with Gasteiger partial charge in [0.25, 0.3) is 0 Å². The Morgan fingerprint density at radius 1 is 1.21 bits per heavy atom. The summed E-state index contributed by atoms with van der Waals surface area (Å²) < 4.78 is 0. The van der Waals surface area contributed by atoms with Crippen molar-refractivity contribution in [1.29, 1.82) is 0 Å². The number of para-hydroxylation sites is 1. The van der Waals surface area contributed by atoms with E-state index in [1.54, 1.807) is 0 Å². The normalized spacial score (nSPS) is 36.8. The number of ketones is 1. The first-order chi connectivity index (χ1) is 11.3. The fourth-order valence-electron chi connectivity index (χ4n) is 5.41. The van der Waals surface area contributed by atoms with E-state index in [0.29, 0.717) is 0 Å². The van der Waals surface area contributed by atoms with Crippen LogP contribution >= 0.6 is 15.9 Å². The van der Waals surface area contributed by atoms with E-state index >= 15 is 0 Å². The first kappa shape index (κ1) is 16.3. The summed E-state index contributed by atoms with van der Waals surface area (Å²) in [6.07, 6.45) is 3.60. The molecular formula is C20H24BrNO2. The highest BCUT2D eigenvalue weighted by Gasteiger charge is 2.77. The Morgan fingerprint density at radius 3 is 2.58 bits per heavy atom. The minimum absolute atomic E-state index is 0.135. The van der Waals surface area contributed by atoms with Crippen LogP contribution in [-0.2, 0) is 16.0 Å². The Balaban J connectivity index is 1.82. The van der Waals surface area contributed by atoms with E-state index in [9.17, 15) is 9.59 Å². The smallest absolute Gasteiger partial charge is 0.235 e. The van der Waals surface area contributed by atoms with E-state index < -0.39 is 10.8 Å². The van der Waals surface area contributed by atoms with Gasteiger partial charge in [-0.15, -0.1) is 0 Å². The molecule has 4 heteroatoms. The number of benzene rings is 1. The van der Waals surface area contributed by atoms with E-state index in [1.807, 2.05) is 23.1 Å². The number of hydrogen-bond acceptors (Lipinski definition) is 2. The third-order valence-corrected chi connectivity index (χ3v) is 8.66. The van der Waals surface area contributed by atoms with Crippen molar-refractivity contribution in [3.8, 4) is 0 Å². The summed E-state index contributed by atoms with van der Waals surface area (Å²) >= 11 is 3.64. The maximum absolute atomic E-state index is 13.8. The quantitative estimate of drug-likeness (QED) is 0.677. The molecule has 4 rings (SSSR count). The van der Waals surface area contributed by atoms with Crippen molar-refractivity contribution in [3.63, 3.8) is 0 Å². The largest absolute Gasteiger partial charge is 0.312 e. The van der Waals surface area contributed by atoms with Crippen LogP contribution in [0.5, 0.6) is 0 Å². The fourth-order valence-corrected chi connectivity index (χ4v) is 6.91. The lowest BCUT2D eigenvalue weighted by molar-refractivity contribution is -0.133. The number of rotatable bonds is 1. The van der Waals surface area contributed by atoms with Gasteiger partial charge in [-0.2, -0.15) is 0 Å². The van der Waals surface area contributed by atoms with Crippen LogP contribution in [0.25, 0.3) is 0 Å². The van der Waals surface area contributed by atoms with Crippen LogP contribution in [0.4, 0.5) is 5.69 Å². The van der Waals surface area contributed by atoms with Crippen molar-refractivity contribution in [2.24, 2.45) is 16.2 Å². The van der Waals surface area contributed by atoms with Crippen LogP contribution < -0.4 is 4.90 Å². The summed E-state index contributed by atoms with van der Waals surface area (Å²) in [5.74, 6) is 0.341. The molecule has 1 aliphatic heterocycles. The zero-order chi connectivity index (χ0) is 17.3. The molecule has 2 bridgehead atoms. The Bertz CT molecular complexity index is 743. The molecule has 3 aliphatic rings. The number of amides is 1. The van der Waals surface area contributed by atoms with Crippen molar-refractivity contribution in [2.75, 3.05) is 11.4 Å². The molecule has 3 nitrogen and oxygen atoms in total. The summed E-state index contributed by atoms with van der Waals surface area (Å²) in [6, 6.07) is 8.19. The van der Waals surface area contributed by atoms with Crippen LogP contribution in [-0.4, -0.2) is 23.1 Å². The topological polar surface area (TPSA) is 37.4 Å².